The van der Waals surface area contributed by atoms with Crippen LogP contribution < -0.4 is 4.74 Å². The number of ether oxygens (including phenoxy) is 1. The highest BCUT2D eigenvalue weighted by atomic mass is 16.5. The van der Waals surface area contributed by atoms with Gasteiger partial charge >= 0.3 is 0 Å². The second-order valence-electron chi connectivity index (χ2n) is 3.81. The van der Waals surface area contributed by atoms with Crippen molar-refractivity contribution in [1.29, 1.82) is 5.26 Å². The fourth-order valence-electron chi connectivity index (χ4n) is 1.40. The van der Waals surface area contributed by atoms with Crippen LogP contribution in [0.2, 0.25) is 0 Å². The third-order valence-electron chi connectivity index (χ3n) is 2.34. The van der Waals surface area contributed by atoms with E-state index in [0.717, 1.165) is 19.3 Å². The van der Waals surface area contributed by atoms with Crippen LogP contribution in [0.25, 0.3) is 0 Å². The lowest BCUT2D eigenvalue weighted by molar-refractivity contribution is 0.418. The molecular weight excluding hydrogens is 224 g/mol. The molecule has 94 valence electrons. The van der Waals surface area contributed by atoms with Gasteiger partial charge in [0.1, 0.15) is 5.75 Å². The van der Waals surface area contributed by atoms with Crippen molar-refractivity contribution >= 4 is 6.21 Å². The Hall–Kier alpha value is -2.08. The van der Waals surface area contributed by atoms with Gasteiger partial charge in [-0.05, 0) is 50.1 Å². The van der Waals surface area contributed by atoms with Gasteiger partial charge in [-0.25, -0.2) is 4.99 Å². The third kappa shape index (κ3) is 4.84. The van der Waals surface area contributed by atoms with Crippen molar-refractivity contribution in [3.05, 3.63) is 41.8 Å². The fraction of sp³-hybridized carbons (Fsp3) is 0.333. The van der Waals surface area contributed by atoms with Crippen LogP contribution in [0.1, 0.15) is 38.7 Å². The summed E-state index contributed by atoms with van der Waals surface area (Å²) in [5.41, 5.74) is 0.623. The van der Waals surface area contributed by atoms with E-state index in [1.165, 1.54) is 0 Å². The normalized spacial score (nSPS) is 11.5. The smallest absolute Gasteiger partial charge is 0.214 e. The Morgan fingerprint density at radius 2 is 2.11 bits per heavy atom. The second-order valence-corrected chi connectivity index (χ2v) is 3.81. The molecule has 0 unspecified atom stereocenters. The number of rotatable bonds is 6. The van der Waals surface area contributed by atoms with Crippen LogP contribution in [0, 0.1) is 11.3 Å². The lowest BCUT2D eigenvalue weighted by Crippen LogP contribution is -1.93. The SMILES string of the molecule is C/C=N\C(=C/CCCC)Oc1ccc(C#N)cc1. The molecular formula is C15H18N2O. The van der Waals surface area contributed by atoms with E-state index in [1.807, 2.05) is 13.0 Å². The Balaban J connectivity index is 2.70. The maximum atomic E-state index is 8.71. The van der Waals surface area contributed by atoms with Crippen LogP contribution in [0.4, 0.5) is 0 Å². The predicted octanol–water partition coefficient (Wildman–Crippen LogP) is 4.06. The first-order valence-corrected chi connectivity index (χ1v) is 6.17. The molecule has 0 atom stereocenters. The monoisotopic (exact) mass is 242 g/mol. The van der Waals surface area contributed by atoms with Crippen molar-refractivity contribution in [2.24, 2.45) is 4.99 Å². The van der Waals surface area contributed by atoms with Gasteiger partial charge in [0.05, 0.1) is 11.6 Å². The summed E-state index contributed by atoms with van der Waals surface area (Å²) < 4.78 is 5.65. The van der Waals surface area contributed by atoms with Crippen LogP contribution in [-0.4, -0.2) is 6.21 Å². The number of hydrogen-bond acceptors (Lipinski definition) is 3. The molecule has 0 bridgehead atoms. The van der Waals surface area contributed by atoms with E-state index in [0.29, 0.717) is 17.2 Å². The quantitative estimate of drug-likeness (QED) is 0.429. The summed E-state index contributed by atoms with van der Waals surface area (Å²) in [5.74, 6) is 1.30. The molecule has 1 aromatic rings. The average molecular weight is 242 g/mol. The maximum absolute atomic E-state index is 8.71. The van der Waals surface area contributed by atoms with Crippen molar-refractivity contribution < 1.29 is 4.74 Å². The van der Waals surface area contributed by atoms with Gasteiger partial charge in [-0.1, -0.05) is 13.3 Å². The molecule has 3 heteroatoms. The van der Waals surface area contributed by atoms with Crippen molar-refractivity contribution in [2.75, 3.05) is 0 Å². The van der Waals surface area contributed by atoms with Gasteiger partial charge in [0, 0.05) is 6.21 Å². The minimum atomic E-state index is 0.607. The number of nitriles is 1. The Morgan fingerprint density at radius 1 is 1.39 bits per heavy atom. The van der Waals surface area contributed by atoms with Crippen molar-refractivity contribution in [2.45, 2.75) is 33.1 Å². The molecule has 0 heterocycles. The van der Waals surface area contributed by atoms with E-state index >= 15 is 0 Å². The zero-order valence-electron chi connectivity index (χ0n) is 10.9. The average Bonchev–Trinajstić information content (AvgIpc) is 2.40. The molecule has 18 heavy (non-hydrogen) atoms. The van der Waals surface area contributed by atoms with Gasteiger partial charge in [0.2, 0.25) is 5.88 Å². The molecule has 0 aromatic heterocycles. The molecule has 0 saturated heterocycles. The van der Waals surface area contributed by atoms with Crippen LogP contribution in [0.3, 0.4) is 0 Å². The van der Waals surface area contributed by atoms with Gasteiger partial charge in [-0.3, -0.25) is 0 Å². The van der Waals surface area contributed by atoms with E-state index in [4.69, 9.17) is 10.00 Å². The number of hydrogen-bond donors (Lipinski definition) is 0. The number of aliphatic imine (C=N–C) groups is 1. The molecule has 0 saturated carbocycles. The molecule has 0 radical (unpaired) electrons. The Labute approximate surface area is 108 Å². The van der Waals surface area contributed by atoms with Crippen molar-refractivity contribution in [3.63, 3.8) is 0 Å². The number of unbranched alkanes of at least 4 members (excludes halogenated alkanes) is 2. The molecule has 0 N–H and O–H groups in total. The Morgan fingerprint density at radius 3 is 2.67 bits per heavy atom. The van der Waals surface area contributed by atoms with Gasteiger partial charge in [-0.15, -0.1) is 0 Å². The zero-order chi connectivity index (χ0) is 13.2. The number of benzene rings is 1. The minimum Gasteiger partial charge on any atom is -0.439 e. The first kappa shape index (κ1) is 14.0. The first-order chi connectivity index (χ1) is 8.80. The van der Waals surface area contributed by atoms with Crippen LogP contribution in [0.5, 0.6) is 5.75 Å². The molecule has 3 nitrogen and oxygen atoms in total. The standard InChI is InChI=1S/C15H18N2O/c1-3-5-6-7-15(17-4-2)18-14-10-8-13(12-16)9-11-14/h4,7-11H,3,5-6H2,1-2H3/b15-7+,17-4-. The first-order valence-electron chi connectivity index (χ1n) is 6.17. The molecule has 0 spiro atoms. The molecule has 1 rings (SSSR count). The molecule has 0 aliphatic heterocycles. The molecule has 0 amide bonds. The van der Waals surface area contributed by atoms with E-state index in [-0.39, 0.29) is 0 Å². The fourth-order valence-corrected chi connectivity index (χ4v) is 1.40. The van der Waals surface area contributed by atoms with E-state index in [1.54, 1.807) is 30.5 Å². The summed E-state index contributed by atoms with van der Waals surface area (Å²) in [4.78, 5) is 4.18. The van der Waals surface area contributed by atoms with Gasteiger partial charge in [-0.2, -0.15) is 5.26 Å². The predicted molar refractivity (Wildman–Crippen MR) is 73.6 cm³/mol. The van der Waals surface area contributed by atoms with Crippen molar-refractivity contribution in [3.8, 4) is 11.8 Å². The number of nitrogens with zero attached hydrogens (tertiary/aromatic N) is 2. The summed E-state index contributed by atoms with van der Waals surface area (Å²) in [5, 5.41) is 8.71. The van der Waals surface area contributed by atoms with Gasteiger partial charge in [0.15, 0.2) is 0 Å². The molecule has 0 aliphatic carbocycles. The summed E-state index contributed by atoms with van der Waals surface area (Å²) >= 11 is 0. The van der Waals surface area contributed by atoms with E-state index in [9.17, 15) is 0 Å². The summed E-state index contributed by atoms with van der Waals surface area (Å²) in [7, 11) is 0. The van der Waals surface area contributed by atoms with Gasteiger partial charge in [0.25, 0.3) is 0 Å². The second kappa shape index (κ2) is 8.08. The minimum absolute atomic E-state index is 0.607. The zero-order valence-corrected chi connectivity index (χ0v) is 10.9. The Kier molecular flexibility index (Phi) is 6.27. The summed E-state index contributed by atoms with van der Waals surface area (Å²) in [6, 6.07) is 9.09. The van der Waals surface area contributed by atoms with Crippen LogP contribution in [0.15, 0.2) is 41.2 Å². The highest BCUT2D eigenvalue weighted by Crippen LogP contribution is 2.16. The topological polar surface area (TPSA) is 45.4 Å². The van der Waals surface area contributed by atoms with Crippen LogP contribution >= 0.6 is 0 Å². The largest absolute Gasteiger partial charge is 0.439 e. The Bertz CT molecular complexity index is 452. The molecule has 1 aromatic carbocycles. The lowest BCUT2D eigenvalue weighted by atomic mass is 10.2. The molecule has 0 fully saturated rings. The maximum Gasteiger partial charge on any atom is 0.214 e. The summed E-state index contributed by atoms with van der Waals surface area (Å²) in [6.07, 6.45) is 6.93. The van der Waals surface area contributed by atoms with Gasteiger partial charge < -0.3 is 4.74 Å². The summed E-state index contributed by atoms with van der Waals surface area (Å²) in [6.45, 7) is 4.01. The van der Waals surface area contributed by atoms with Crippen LogP contribution in [-0.2, 0) is 0 Å². The third-order valence-corrected chi connectivity index (χ3v) is 2.34. The molecule has 0 aliphatic rings. The van der Waals surface area contributed by atoms with E-state index < -0.39 is 0 Å². The van der Waals surface area contributed by atoms with E-state index in [2.05, 4.69) is 18.0 Å². The van der Waals surface area contributed by atoms with Crippen molar-refractivity contribution in [1.82, 2.24) is 0 Å². The highest BCUT2D eigenvalue weighted by molar-refractivity contribution is 5.55. The lowest BCUT2D eigenvalue weighted by Gasteiger charge is -2.05. The highest BCUT2D eigenvalue weighted by Gasteiger charge is 1.98. The number of allylic oxidation sites excluding steroid dienone is 1.